The molecule has 20 heavy (non-hydrogen) atoms. The maximum Gasteiger partial charge on any atom is 0.187 e. The Morgan fingerprint density at radius 3 is 2.80 bits per heavy atom. The van der Waals surface area contributed by atoms with Crippen molar-refractivity contribution in [3.05, 3.63) is 30.6 Å². The van der Waals surface area contributed by atoms with Crippen LogP contribution in [0.1, 0.15) is 12.8 Å². The normalized spacial score (nSPS) is 13.9. The first-order valence-electron chi connectivity index (χ1n) is 6.65. The molecule has 0 radical (unpaired) electrons. The van der Waals surface area contributed by atoms with Crippen LogP contribution in [0.25, 0.3) is 11.3 Å². The molecule has 0 aliphatic heterocycles. The fourth-order valence-corrected chi connectivity index (χ4v) is 2.05. The van der Waals surface area contributed by atoms with Crippen LogP contribution >= 0.6 is 0 Å². The maximum absolute atomic E-state index is 5.82. The van der Waals surface area contributed by atoms with Gasteiger partial charge in [0.05, 0.1) is 13.2 Å². The van der Waals surface area contributed by atoms with E-state index in [0.717, 1.165) is 29.8 Å². The van der Waals surface area contributed by atoms with Crippen molar-refractivity contribution in [1.82, 2.24) is 9.97 Å². The fourth-order valence-electron chi connectivity index (χ4n) is 2.05. The molecule has 0 spiro atoms. The van der Waals surface area contributed by atoms with Crippen molar-refractivity contribution in [1.29, 1.82) is 0 Å². The lowest BCUT2D eigenvalue weighted by Gasteiger charge is -2.12. The smallest absolute Gasteiger partial charge is 0.187 e. The van der Waals surface area contributed by atoms with Crippen LogP contribution in [-0.2, 0) is 0 Å². The highest BCUT2D eigenvalue weighted by Gasteiger charge is 2.23. The first-order valence-corrected chi connectivity index (χ1v) is 6.65. The highest BCUT2D eigenvalue weighted by Crippen LogP contribution is 2.35. The van der Waals surface area contributed by atoms with Gasteiger partial charge >= 0.3 is 0 Å². The molecule has 0 saturated heterocycles. The summed E-state index contributed by atoms with van der Waals surface area (Å²) >= 11 is 0. The third-order valence-electron chi connectivity index (χ3n) is 3.18. The van der Waals surface area contributed by atoms with Gasteiger partial charge in [0.2, 0.25) is 0 Å². The molecule has 1 saturated carbocycles. The number of ether oxygens (including phenoxy) is 2. The van der Waals surface area contributed by atoms with E-state index in [1.54, 1.807) is 14.2 Å². The van der Waals surface area contributed by atoms with Gasteiger partial charge in [0, 0.05) is 12.6 Å². The van der Waals surface area contributed by atoms with Gasteiger partial charge in [0.1, 0.15) is 17.8 Å². The molecule has 0 bridgehead atoms. The number of hydrogen-bond acceptors (Lipinski definition) is 5. The van der Waals surface area contributed by atoms with E-state index in [-0.39, 0.29) is 0 Å². The van der Waals surface area contributed by atoms with E-state index in [2.05, 4.69) is 15.3 Å². The summed E-state index contributed by atoms with van der Waals surface area (Å²) < 4.78 is 11.2. The summed E-state index contributed by atoms with van der Waals surface area (Å²) in [5.74, 6) is 2.18. The summed E-state index contributed by atoms with van der Waals surface area (Å²) in [6.07, 6.45) is 4.19. The van der Waals surface area contributed by atoms with Gasteiger partial charge in [0.15, 0.2) is 11.6 Å². The number of methoxy groups -OCH3 is 1. The molecule has 0 amide bonds. The Balaban J connectivity index is 1.99. The molecule has 0 atom stereocenters. The molecular formula is C15H17N3O2. The molecule has 5 heteroatoms. The molecule has 1 aromatic carbocycles. The minimum absolute atomic E-state index is 0.380. The zero-order valence-corrected chi connectivity index (χ0v) is 11.6. The zero-order chi connectivity index (χ0) is 13.9. The summed E-state index contributed by atoms with van der Waals surface area (Å²) in [6.45, 7) is 0. The van der Waals surface area contributed by atoms with E-state index in [0.29, 0.717) is 17.7 Å². The predicted octanol–water partition coefficient (Wildman–Crippen LogP) is 2.74. The maximum atomic E-state index is 5.82. The van der Waals surface area contributed by atoms with Crippen LogP contribution in [0.5, 0.6) is 11.5 Å². The molecule has 1 aliphatic carbocycles. The average Bonchev–Trinajstić information content (AvgIpc) is 3.30. The van der Waals surface area contributed by atoms with Crippen LogP contribution in [0, 0.1) is 0 Å². The molecule has 1 heterocycles. The van der Waals surface area contributed by atoms with Crippen molar-refractivity contribution in [2.24, 2.45) is 0 Å². The van der Waals surface area contributed by atoms with Gasteiger partial charge in [-0.25, -0.2) is 9.97 Å². The summed E-state index contributed by atoms with van der Waals surface area (Å²) in [5.41, 5.74) is 1.71. The molecule has 5 nitrogen and oxygen atoms in total. The van der Waals surface area contributed by atoms with E-state index in [1.165, 1.54) is 6.33 Å². The summed E-state index contributed by atoms with van der Waals surface area (Å²) in [5, 5.41) is 3.01. The molecule has 2 aromatic rings. The third-order valence-corrected chi connectivity index (χ3v) is 3.18. The van der Waals surface area contributed by atoms with Crippen LogP contribution < -0.4 is 14.8 Å². The minimum Gasteiger partial charge on any atom is -0.491 e. The number of nitrogens with one attached hydrogen (secondary N) is 1. The quantitative estimate of drug-likeness (QED) is 0.906. The first-order chi connectivity index (χ1) is 9.81. The number of hydrogen-bond donors (Lipinski definition) is 1. The highest BCUT2D eigenvalue weighted by atomic mass is 16.5. The van der Waals surface area contributed by atoms with Crippen molar-refractivity contribution in [3.8, 4) is 22.8 Å². The lowest BCUT2D eigenvalue weighted by molar-refractivity contribution is 0.303. The fraction of sp³-hybridized carbons (Fsp3) is 0.333. The SMILES string of the molecule is CNc1ncnc(-c2cccc(OC3CC3)c2)c1OC. The highest BCUT2D eigenvalue weighted by molar-refractivity contribution is 5.73. The number of aromatic nitrogens is 2. The van der Waals surface area contributed by atoms with Gasteiger partial charge in [-0.2, -0.15) is 0 Å². The number of rotatable bonds is 5. The number of anilines is 1. The largest absolute Gasteiger partial charge is 0.491 e. The monoisotopic (exact) mass is 271 g/mol. The van der Waals surface area contributed by atoms with Crippen molar-refractivity contribution in [2.75, 3.05) is 19.5 Å². The Morgan fingerprint density at radius 2 is 2.10 bits per heavy atom. The van der Waals surface area contributed by atoms with E-state index < -0.39 is 0 Å². The molecule has 1 N–H and O–H groups in total. The number of benzene rings is 1. The Bertz CT molecular complexity index is 612. The lowest BCUT2D eigenvalue weighted by atomic mass is 10.1. The standard InChI is InChI=1S/C15H17N3O2/c1-16-15-14(19-2)13(17-9-18-15)10-4-3-5-12(8-10)20-11-6-7-11/h3-5,8-9,11H,6-7H2,1-2H3,(H,16,17,18). The van der Waals surface area contributed by atoms with E-state index in [1.807, 2.05) is 24.3 Å². The second kappa shape index (κ2) is 5.36. The topological polar surface area (TPSA) is 56.3 Å². The van der Waals surface area contributed by atoms with Gasteiger partial charge in [-0.3, -0.25) is 0 Å². The van der Waals surface area contributed by atoms with Crippen molar-refractivity contribution < 1.29 is 9.47 Å². The lowest BCUT2D eigenvalue weighted by Crippen LogP contribution is -2.01. The van der Waals surface area contributed by atoms with Gasteiger partial charge in [0.25, 0.3) is 0 Å². The van der Waals surface area contributed by atoms with Crippen molar-refractivity contribution in [2.45, 2.75) is 18.9 Å². The van der Waals surface area contributed by atoms with Gasteiger partial charge in [-0.15, -0.1) is 0 Å². The summed E-state index contributed by atoms with van der Waals surface area (Å²) in [7, 11) is 3.43. The van der Waals surface area contributed by atoms with Gasteiger partial charge < -0.3 is 14.8 Å². The number of nitrogens with zero attached hydrogens (tertiary/aromatic N) is 2. The van der Waals surface area contributed by atoms with E-state index >= 15 is 0 Å². The molecule has 1 fully saturated rings. The van der Waals surface area contributed by atoms with Crippen LogP contribution in [-0.4, -0.2) is 30.2 Å². The summed E-state index contributed by atoms with van der Waals surface area (Å²) in [6, 6.07) is 7.91. The Morgan fingerprint density at radius 1 is 1.25 bits per heavy atom. The third kappa shape index (κ3) is 2.52. The minimum atomic E-state index is 0.380. The second-order valence-corrected chi connectivity index (χ2v) is 4.70. The van der Waals surface area contributed by atoms with E-state index in [9.17, 15) is 0 Å². The van der Waals surface area contributed by atoms with Gasteiger partial charge in [-0.05, 0) is 25.0 Å². The zero-order valence-electron chi connectivity index (χ0n) is 11.6. The molecule has 1 aromatic heterocycles. The van der Waals surface area contributed by atoms with Crippen LogP contribution in [0.3, 0.4) is 0 Å². The summed E-state index contributed by atoms with van der Waals surface area (Å²) in [4.78, 5) is 8.49. The Labute approximate surface area is 118 Å². The van der Waals surface area contributed by atoms with E-state index in [4.69, 9.17) is 9.47 Å². The van der Waals surface area contributed by atoms with Crippen LogP contribution in [0.4, 0.5) is 5.82 Å². The van der Waals surface area contributed by atoms with Crippen LogP contribution in [0.2, 0.25) is 0 Å². The second-order valence-electron chi connectivity index (χ2n) is 4.70. The predicted molar refractivity (Wildman–Crippen MR) is 77.2 cm³/mol. The van der Waals surface area contributed by atoms with Crippen LogP contribution in [0.15, 0.2) is 30.6 Å². The average molecular weight is 271 g/mol. The van der Waals surface area contributed by atoms with Crippen molar-refractivity contribution >= 4 is 5.82 Å². The molecule has 0 unspecified atom stereocenters. The first kappa shape index (κ1) is 12.7. The molecule has 1 aliphatic rings. The molecular weight excluding hydrogens is 254 g/mol. The molecule has 104 valence electrons. The van der Waals surface area contributed by atoms with Gasteiger partial charge in [-0.1, -0.05) is 12.1 Å². The van der Waals surface area contributed by atoms with Crippen molar-refractivity contribution in [3.63, 3.8) is 0 Å². The molecule has 3 rings (SSSR count). The Hall–Kier alpha value is -2.30. The Kier molecular flexibility index (Phi) is 3.41.